The summed E-state index contributed by atoms with van der Waals surface area (Å²) in [5, 5.41) is 3.94. The van der Waals surface area contributed by atoms with Gasteiger partial charge in [-0.05, 0) is 18.8 Å². The minimum atomic E-state index is -0.175. The van der Waals surface area contributed by atoms with Crippen LogP contribution in [0.2, 0.25) is 0 Å². The molecule has 0 amide bonds. The van der Waals surface area contributed by atoms with Crippen LogP contribution in [0.3, 0.4) is 0 Å². The van der Waals surface area contributed by atoms with E-state index in [1.807, 2.05) is 13.8 Å². The minimum Gasteiger partial charge on any atom is -0.378 e. The van der Waals surface area contributed by atoms with Crippen molar-refractivity contribution in [2.45, 2.75) is 45.3 Å². The zero-order valence-electron chi connectivity index (χ0n) is 9.85. The molecule has 5 nitrogen and oxygen atoms in total. The Balaban J connectivity index is 1.96. The monoisotopic (exact) mass is 225 g/mol. The second-order valence-corrected chi connectivity index (χ2v) is 4.66. The Morgan fingerprint density at radius 1 is 1.50 bits per heavy atom. The van der Waals surface area contributed by atoms with Crippen LogP contribution in [0.1, 0.15) is 44.4 Å². The highest BCUT2D eigenvalue weighted by atomic mass is 16.5. The van der Waals surface area contributed by atoms with E-state index in [0.29, 0.717) is 17.6 Å². The molecule has 1 aromatic heterocycles. The van der Waals surface area contributed by atoms with Crippen molar-refractivity contribution >= 4 is 0 Å². The maximum Gasteiger partial charge on any atom is 0.243 e. The Hall–Kier alpha value is -0.940. The van der Waals surface area contributed by atoms with Gasteiger partial charge in [0.1, 0.15) is 0 Å². The molecule has 1 unspecified atom stereocenters. The van der Waals surface area contributed by atoms with E-state index in [1.165, 1.54) is 0 Å². The number of nitrogens with two attached hydrogens (primary N) is 1. The van der Waals surface area contributed by atoms with Crippen molar-refractivity contribution < 1.29 is 9.26 Å². The number of hydrogen-bond donors (Lipinski definition) is 1. The number of ether oxygens (including phenoxy) is 1. The van der Waals surface area contributed by atoms with Gasteiger partial charge in [0.25, 0.3) is 0 Å². The summed E-state index contributed by atoms with van der Waals surface area (Å²) in [5.74, 6) is 1.54. The highest BCUT2D eigenvalue weighted by Gasteiger charge is 2.21. The molecule has 0 saturated carbocycles. The molecule has 1 fully saturated rings. The minimum absolute atomic E-state index is 0.175. The second kappa shape index (κ2) is 4.93. The fourth-order valence-corrected chi connectivity index (χ4v) is 1.78. The molecule has 1 aliphatic heterocycles. The molecule has 0 spiro atoms. The predicted octanol–water partition coefficient (Wildman–Crippen LogP) is 1.45. The van der Waals surface area contributed by atoms with Crippen molar-refractivity contribution in [2.75, 3.05) is 6.61 Å². The van der Waals surface area contributed by atoms with Crippen molar-refractivity contribution in [3.8, 4) is 0 Å². The third-order valence-corrected chi connectivity index (χ3v) is 2.92. The Labute approximate surface area is 95.3 Å². The maximum absolute atomic E-state index is 5.93. The van der Waals surface area contributed by atoms with Gasteiger partial charge in [0.05, 0.1) is 12.1 Å². The average Bonchev–Trinajstić information content (AvgIpc) is 2.88. The van der Waals surface area contributed by atoms with E-state index in [2.05, 4.69) is 10.1 Å². The summed E-state index contributed by atoms with van der Waals surface area (Å²) in [7, 11) is 0. The zero-order valence-corrected chi connectivity index (χ0v) is 9.85. The lowest BCUT2D eigenvalue weighted by Gasteiger charge is -2.09. The van der Waals surface area contributed by atoms with Gasteiger partial charge in [0, 0.05) is 13.0 Å². The summed E-state index contributed by atoms with van der Waals surface area (Å²) in [5.41, 5.74) is 5.93. The van der Waals surface area contributed by atoms with Gasteiger partial charge in [-0.25, -0.2) is 0 Å². The van der Waals surface area contributed by atoms with E-state index in [0.717, 1.165) is 25.9 Å². The first kappa shape index (κ1) is 11.5. The maximum atomic E-state index is 5.93. The number of aromatic nitrogens is 2. The molecule has 2 heterocycles. The SMILES string of the molecule is CC(C)[C@H](N)c1nc(CC2CCCO2)no1. The van der Waals surface area contributed by atoms with Gasteiger partial charge in [0.15, 0.2) is 5.82 Å². The van der Waals surface area contributed by atoms with Gasteiger partial charge >= 0.3 is 0 Å². The van der Waals surface area contributed by atoms with Crippen LogP contribution in [0, 0.1) is 5.92 Å². The summed E-state index contributed by atoms with van der Waals surface area (Å²) < 4.78 is 10.7. The van der Waals surface area contributed by atoms with Crippen LogP contribution in [0.4, 0.5) is 0 Å². The molecule has 1 saturated heterocycles. The lowest BCUT2D eigenvalue weighted by atomic mass is 10.1. The van der Waals surface area contributed by atoms with Crippen LogP contribution in [-0.2, 0) is 11.2 Å². The molecule has 90 valence electrons. The van der Waals surface area contributed by atoms with E-state index in [1.54, 1.807) is 0 Å². The van der Waals surface area contributed by atoms with Gasteiger partial charge in [-0.2, -0.15) is 4.98 Å². The Morgan fingerprint density at radius 2 is 2.31 bits per heavy atom. The molecular formula is C11H19N3O2. The van der Waals surface area contributed by atoms with Crippen LogP contribution in [0.15, 0.2) is 4.52 Å². The Morgan fingerprint density at radius 3 is 2.94 bits per heavy atom. The van der Waals surface area contributed by atoms with Crippen LogP contribution in [-0.4, -0.2) is 22.9 Å². The fraction of sp³-hybridized carbons (Fsp3) is 0.818. The van der Waals surface area contributed by atoms with Gasteiger partial charge in [-0.15, -0.1) is 0 Å². The highest BCUT2D eigenvalue weighted by Crippen LogP contribution is 2.19. The van der Waals surface area contributed by atoms with Crippen molar-refractivity contribution in [3.63, 3.8) is 0 Å². The average molecular weight is 225 g/mol. The van der Waals surface area contributed by atoms with E-state index in [-0.39, 0.29) is 12.1 Å². The molecule has 5 heteroatoms. The standard InChI is InChI=1S/C11H19N3O2/c1-7(2)10(12)11-13-9(14-16-11)6-8-4-3-5-15-8/h7-8,10H,3-6,12H2,1-2H3/t8?,10-/m0/s1. The normalized spacial score (nSPS) is 22.9. The van der Waals surface area contributed by atoms with Crippen LogP contribution < -0.4 is 5.73 Å². The van der Waals surface area contributed by atoms with Gasteiger partial charge in [-0.3, -0.25) is 0 Å². The topological polar surface area (TPSA) is 74.2 Å². The van der Waals surface area contributed by atoms with Crippen LogP contribution >= 0.6 is 0 Å². The highest BCUT2D eigenvalue weighted by molar-refractivity contribution is 4.94. The quantitative estimate of drug-likeness (QED) is 0.839. The first-order valence-corrected chi connectivity index (χ1v) is 5.86. The molecular weight excluding hydrogens is 206 g/mol. The molecule has 0 aliphatic carbocycles. The zero-order chi connectivity index (χ0) is 11.5. The number of hydrogen-bond acceptors (Lipinski definition) is 5. The molecule has 2 rings (SSSR count). The Bertz CT molecular complexity index is 332. The molecule has 0 radical (unpaired) electrons. The molecule has 1 aromatic rings. The van der Waals surface area contributed by atoms with Gasteiger partial charge < -0.3 is 15.0 Å². The molecule has 2 atom stereocenters. The molecule has 0 bridgehead atoms. The summed E-state index contributed by atoms with van der Waals surface area (Å²) in [6, 6.07) is -0.175. The van der Waals surface area contributed by atoms with Crippen molar-refractivity contribution in [3.05, 3.63) is 11.7 Å². The van der Waals surface area contributed by atoms with Crippen LogP contribution in [0.5, 0.6) is 0 Å². The van der Waals surface area contributed by atoms with E-state index < -0.39 is 0 Å². The third kappa shape index (κ3) is 2.59. The van der Waals surface area contributed by atoms with Crippen LogP contribution in [0.25, 0.3) is 0 Å². The molecule has 1 aliphatic rings. The summed E-state index contributed by atoms with van der Waals surface area (Å²) in [6.07, 6.45) is 3.19. The fourth-order valence-electron chi connectivity index (χ4n) is 1.78. The molecule has 2 N–H and O–H groups in total. The smallest absolute Gasteiger partial charge is 0.243 e. The van der Waals surface area contributed by atoms with Crippen molar-refractivity contribution in [1.82, 2.24) is 10.1 Å². The third-order valence-electron chi connectivity index (χ3n) is 2.92. The lowest BCUT2D eigenvalue weighted by molar-refractivity contribution is 0.109. The first-order valence-electron chi connectivity index (χ1n) is 5.86. The predicted molar refractivity (Wildman–Crippen MR) is 58.7 cm³/mol. The summed E-state index contributed by atoms with van der Waals surface area (Å²) in [6.45, 7) is 4.92. The Kier molecular flexibility index (Phi) is 3.56. The first-order chi connectivity index (χ1) is 7.66. The summed E-state index contributed by atoms with van der Waals surface area (Å²) in [4.78, 5) is 4.31. The molecule has 16 heavy (non-hydrogen) atoms. The number of rotatable bonds is 4. The van der Waals surface area contributed by atoms with Gasteiger partial charge in [0.2, 0.25) is 5.89 Å². The largest absolute Gasteiger partial charge is 0.378 e. The van der Waals surface area contributed by atoms with E-state index in [9.17, 15) is 0 Å². The second-order valence-electron chi connectivity index (χ2n) is 4.66. The van der Waals surface area contributed by atoms with Crippen molar-refractivity contribution in [2.24, 2.45) is 11.7 Å². The van der Waals surface area contributed by atoms with E-state index >= 15 is 0 Å². The van der Waals surface area contributed by atoms with Crippen molar-refractivity contribution in [1.29, 1.82) is 0 Å². The van der Waals surface area contributed by atoms with E-state index in [4.69, 9.17) is 15.0 Å². The number of nitrogens with zero attached hydrogens (tertiary/aromatic N) is 2. The lowest BCUT2D eigenvalue weighted by Crippen LogP contribution is -2.17. The molecule has 0 aromatic carbocycles. The van der Waals surface area contributed by atoms with Gasteiger partial charge in [-0.1, -0.05) is 19.0 Å². The summed E-state index contributed by atoms with van der Waals surface area (Å²) >= 11 is 0.